The summed E-state index contributed by atoms with van der Waals surface area (Å²) in [6, 6.07) is 6.09. The number of nitrogens with zero attached hydrogens (tertiary/aromatic N) is 2. The summed E-state index contributed by atoms with van der Waals surface area (Å²) in [4.78, 5) is 33.2. The molecule has 0 radical (unpaired) electrons. The van der Waals surface area contributed by atoms with Gasteiger partial charge in [0.05, 0.1) is 5.70 Å². The summed E-state index contributed by atoms with van der Waals surface area (Å²) in [5, 5.41) is 0. The lowest BCUT2D eigenvalue weighted by Gasteiger charge is -2.26. The Labute approximate surface area is 179 Å². The summed E-state index contributed by atoms with van der Waals surface area (Å²) < 4.78 is 0. The fourth-order valence-corrected chi connectivity index (χ4v) is 3.30. The molecule has 5 nitrogen and oxygen atoms in total. The van der Waals surface area contributed by atoms with Crippen LogP contribution < -0.4 is 5.73 Å². The molecule has 0 spiro atoms. The summed E-state index contributed by atoms with van der Waals surface area (Å²) in [6.45, 7) is 11.4. The Morgan fingerprint density at radius 2 is 1.70 bits per heavy atom. The van der Waals surface area contributed by atoms with Crippen molar-refractivity contribution >= 4 is 11.6 Å². The molecule has 1 aromatic heterocycles. The summed E-state index contributed by atoms with van der Waals surface area (Å²) >= 11 is 0. The van der Waals surface area contributed by atoms with E-state index in [1.54, 1.807) is 19.1 Å². The minimum atomic E-state index is -0.643. The number of Topliss-reactive ketones (excluding diaryl/α,β-unsaturated/α-hetero) is 2. The Kier molecular flexibility index (Phi) is 7.43. The number of aryl methyl sites for hydroxylation is 2. The largest absolute Gasteiger partial charge is 0.396 e. The third-order valence-corrected chi connectivity index (χ3v) is 5.34. The van der Waals surface area contributed by atoms with Crippen LogP contribution in [0, 0.1) is 13.8 Å². The van der Waals surface area contributed by atoms with Crippen LogP contribution in [-0.2, 0) is 15.0 Å². The molecule has 1 heterocycles. The van der Waals surface area contributed by atoms with Crippen LogP contribution >= 0.6 is 0 Å². The Hall–Kier alpha value is -3.08. The van der Waals surface area contributed by atoms with Gasteiger partial charge in [0.15, 0.2) is 5.78 Å². The zero-order valence-electron chi connectivity index (χ0n) is 18.7. The molecule has 2 N–H and O–H groups in total. The molecule has 0 atom stereocenters. The van der Waals surface area contributed by atoms with Gasteiger partial charge in [0.25, 0.3) is 0 Å². The topological polar surface area (TPSA) is 85.9 Å². The molecule has 0 fully saturated rings. The molecule has 0 saturated carbocycles. The van der Waals surface area contributed by atoms with Gasteiger partial charge in [0.2, 0.25) is 0 Å². The van der Waals surface area contributed by atoms with E-state index in [0.717, 1.165) is 33.7 Å². The Morgan fingerprint density at radius 3 is 2.27 bits per heavy atom. The molecule has 0 aliphatic heterocycles. The molecular weight excluding hydrogens is 374 g/mol. The van der Waals surface area contributed by atoms with Gasteiger partial charge in [0.1, 0.15) is 11.6 Å². The molecule has 158 valence electrons. The first-order valence-corrected chi connectivity index (χ1v) is 10.2. The minimum Gasteiger partial charge on any atom is -0.396 e. The second-order valence-electron chi connectivity index (χ2n) is 8.19. The first-order chi connectivity index (χ1) is 14.1. The van der Waals surface area contributed by atoms with Crippen LogP contribution in [0.5, 0.6) is 0 Å². The molecule has 2 rings (SSSR count). The number of nitrogens with two attached hydrogens (primary N) is 1. The predicted molar refractivity (Wildman–Crippen MR) is 121 cm³/mol. The van der Waals surface area contributed by atoms with Crippen molar-refractivity contribution in [2.75, 3.05) is 0 Å². The van der Waals surface area contributed by atoms with Gasteiger partial charge >= 0.3 is 0 Å². The van der Waals surface area contributed by atoms with Crippen molar-refractivity contribution in [1.29, 1.82) is 0 Å². The maximum absolute atomic E-state index is 13.1. The lowest BCUT2D eigenvalue weighted by molar-refractivity contribution is -0.122. The fourth-order valence-electron chi connectivity index (χ4n) is 3.30. The van der Waals surface area contributed by atoms with E-state index in [-0.39, 0.29) is 17.3 Å². The number of aromatic nitrogens is 2. The second-order valence-corrected chi connectivity index (χ2v) is 8.19. The number of hydrogen-bond acceptors (Lipinski definition) is 5. The van der Waals surface area contributed by atoms with Crippen molar-refractivity contribution in [1.82, 2.24) is 9.97 Å². The van der Waals surface area contributed by atoms with Gasteiger partial charge in [-0.2, -0.15) is 0 Å². The van der Waals surface area contributed by atoms with Gasteiger partial charge in [-0.3, -0.25) is 9.59 Å². The molecule has 0 aliphatic rings. The van der Waals surface area contributed by atoms with Crippen LogP contribution in [-0.4, -0.2) is 21.5 Å². The summed E-state index contributed by atoms with van der Waals surface area (Å²) in [6.07, 6.45) is 7.62. The molecule has 0 aliphatic carbocycles. The Morgan fingerprint density at radius 1 is 1.07 bits per heavy atom. The number of carbonyl (C=O) groups excluding carboxylic acids is 2. The molecule has 0 unspecified atom stereocenters. The number of benzene rings is 1. The lowest BCUT2D eigenvalue weighted by atomic mass is 9.76. The van der Waals surface area contributed by atoms with Gasteiger partial charge in [-0.1, -0.05) is 36.8 Å². The highest BCUT2D eigenvalue weighted by atomic mass is 16.1. The van der Waals surface area contributed by atoms with Gasteiger partial charge in [-0.25, -0.2) is 9.97 Å². The maximum atomic E-state index is 13.1. The highest BCUT2D eigenvalue weighted by molar-refractivity contribution is 5.94. The van der Waals surface area contributed by atoms with Crippen LogP contribution in [0.2, 0.25) is 0 Å². The van der Waals surface area contributed by atoms with Crippen molar-refractivity contribution in [3.05, 3.63) is 71.0 Å². The van der Waals surface area contributed by atoms with E-state index in [1.165, 1.54) is 0 Å². The van der Waals surface area contributed by atoms with Crippen molar-refractivity contribution in [3.8, 4) is 11.1 Å². The molecule has 2 aromatic rings. The second kappa shape index (κ2) is 9.61. The standard InChI is InChI=1S/C25H31N3O2/c1-7-23(29)22(26)11-8-16(2)12-24(30)25(5,6)21-10-9-19(13-17(21)3)20-14-27-18(4)28-15-20/h8-11,13-15H,7,12,26H2,1-6H3/b16-8+,22-11-. The van der Waals surface area contributed by atoms with E-state index in [9.17, 15) is 9.59 Å². The summed E-state index contributed by atoms with van der Waals surface area (Å²) in [7, 11) is 0. The van der Waals surface area contributed by atoms with E-state index in [1.807, 2.05) is 59.1 Å². The predicted octanol–water partition coefficient (Wildman–Crippen LogP) is 4.77. The molecule has 1 aromatic carbocycles. The van der Waals surface area contributed by atoms with Crippen molar-refractivity contribution in [3.63, 3.8) is 0 Å². The molecule has 0 bridgehead atoms. The van der Waals surface area contributed by atoms with E-state index in [2.05, 4.69) is 16.0 Å². The average Bonchev–Trinajstić information content (AvgIpc) is 2.71. The molecule has 30 heavy (non-hydrogen) atoms. The highest BCUT2D eigenvalue weighted by Gasteiger charge is 2.30. The molecular formula is C25H31N3O2. The SMILES string of the molecule is CCC(=O)/C(N)=C/C=C(\C)CC(=O)C(C)(C)c1ccc(-c2cnc(C)nc2)cc1C. The van der Waals surface area contributed by atoms with Crippen molar-refractivity contribution < 1.29 is 9.59 Å². The highest BCUT2D eigenvalue weighted by Crippen LogP contribution is 2.32. The number of hydrogen-bond donors (Lipinski definition) is 1. The van der Waals surface area contributed by atoms with Crippen LogP contribution in [0.4, 0.5) is 0 Å². The van der Waals surface area contributed by atoms with Crippen molar-refractivity contribution in [2.24, 2.45) is 5.73 Å². The van der Waals surface area contributed by atoms with Crippen LogP contribution in [0.3, 0.4) is 0 Å². The lowest BCUT2D eigenvalue weighted by Crippen LogP contribution is -2.30. The van der Waals surface area contributed by atoms with E-state index >= 15 is 0 Å². The summed E-state index contributed by atoms with van der Waals surface area (Å²) in [5.41, 5.74) is 10.2. The van der Waals surface area contributed by atoms with Crippen LogP contribution in [0.1, 0.15) is 57.5 Å². The van der Waals surface area contributed by atoms with Crippen LogP contribution in [0.15, 0.2) is 54.0 Å². The summed E-state index contributed by atoms with van der Waals surface area (Å²) in [5.74, 6) is 0.748. The molecule has 5 heteroatoms. The number of allylic oxidation sites excluding steroid dienone is 4. The number of rotatable bonds is 8. The normalized spacial score (nSPS) is 12.7. The molecule has 0 amide bonds. The average molecular weight is 406 g/mol. The Bertz CT molecular complexity index is 1000. The van der Waals surface area contributed by atoms with Gasteiger partial charge in [-0.15, -0.1) is 0 Å². The van der Waals surface area contributed by atoms with E-state index < -0.39 is 5.41 Å². The van der Waals surface area contributed by atoms with E-state index in [4.69, 9.17) is 5.73 Å². The zero-order chi connectivity index (χ0) is 22.5. The smallest absolute Gasteiger partial charge is 0.178 e. The molecule has 0 saturated heterocycles. The van der Waals surface area contributed by atoms with Gasteiger partial charge in [0, 0.05) is 36.2 Å². The number of ketones is 2. The fraction of sp³-hybridized carbons (Fsp3) is 0.360. The number of carbonyl (C=O) groups is 2. The van der Waals surface area contributed by atoms with Gasteiger partial charge < -0.3 is 5.73 Å². The maximum Gasteiger partial charge on any atom is 0.178 e. The van der Waals surface area contributed by atoms with Gasteiger partial charge in [-0.05, 0) is 57.4 Å². The van der Waals surface area contributed by atoms with E-state index in [0.29, 0.717) is 12.8 Å². The zero-order valence-corrected chi connectivity index (χ0v) is 18.7. The quantitative estimate of drug-likeness (QED) is 0.505. The first kappa shape index (κ1) is 23.2. The monoisotopic (exact) mass is 405 g/mol. The van der Waals surface area contributed by atoms with Crippen LogP contribution in [0.25, 0.3) is 11.1 Å². The van der Waals surface area contributed by atoms with Crippen molar-refractivity contribution in [2.45, 2.75) is 59.8 Å². The third-order valence-electron chi connectivity index (χ3n) is 5.34. The third kappa shape index (κ3) is 5.50. The minimum absolute atomic E-state index is 0.0969. The Balaban J connectivity index is 2.22. The first-order valence-electron chi connectivity index (χ1n) is 10.2.